The Bertz CT molecular complexity index is 1100. The number of rotatable bonds is 7. The first-order valence-electron chi connectivity index (χ1n) is 11.6. The van der Waals surface area contributed by atoms with E-state index in [4.69, 9.17) is 4.74 Å². The van der Waals surface area contributed by atoms with Gasteiger partial charge in [-0.05, 0) is 28.2 Å². The molecule has 2 N–H and O–H groups in total. The summed E-state index contributed by atoms with van der Waals surface area (Å²) in [6, 6.07) is 15.1. The summed E-state index contributed by atoms with van der Waals surface area (Å²) in [5.74, 6) is -2.20. The standard InChI is InChI=1S/C26H29N3O6/c1-16(11-23(30)29-14-24(31)28(2)13-22(29)25(32)33)12-27-26(34)35-15-21-19-9-5-3-7-17(19)18-8-4-6-10-20(18)21/h3-10,16,21-22H,11-15H2,1-2H3,(H,27,34)(H,32,33). The van der Waals surface area contributed by atoms with E-state index < -0.39 is 24.0 Å². The Morgan fingerprint density at radius 3 is 2.29 bits per heavy atom. The van der Waals surface area contributed by atoms with E-state index in [1.165, 1.54) is 11.9 Å². The fourth-order valence-electron chi connectivity index (χ4n) is 4.70. The normalized spacial score (nSPS) is 18.0. The molecule has 35 heavy (non-hydrogen) atoms. The van der Waals surface area contributed by atoms with E-state index in [1.807, 2.05) is 36.4 Å². The van der Waals surface area contributed by atoms with Crippen LogP contribution in [0.25, 0.3) is 11.1 Å². The van der Waals surface area contributed by atoms with Crippen LogP contribution in [0.1, 0.15) is 30.4 Å². The number of likely N-dealkylation sites (N-methyl/N-ethyl adjacent to an activating group) is 1. The summed E-state index contributed by atoms with van der Waals surface area (Å²) in [4.78, 5) is 51.0. The van der Waals surface area contributed by atoms with Gasteiger partial charge in [0.2, 0.25) is 11.8 Å². The van der Waals surface area contributed by atoms with Crippen LogP contribution in [0.5, 0.6) is 0 Å². The molecule has 2 aliphatic rings. The van der Waals surface area contributed by atoms with Crippen LogP contribution in [0.15, 0.2) is 48.5 Å². The van der Waals surface area contributed by atoms with Crippen LogP contribution < -0.4 is 5.32 Å². The maximum atomic E-state index is 12.7. The predicted octanol–water partition coefficient (Wildman–Crippen LogP) is 2.31. The number of aliphatic carboxylic acids is 1. The number of nitrogens with zero attached hydrogens (tertiary/aromatic N) is 2. The molecule has 184 valence electrons. The average molecular weight is 480 g/mol. The van der Waals surface area contributed by atoms with Crippen LogP contribution in [0, 0.1) is 5.92 Å². The summed E-state index contributed by atoms with van der Waals surface area (Å²) in [7, 11) is 1.51. The zero-order chi connectivity index (χ0) is 25.1. The Kier molecular flexibility index (Phi) is 7.04. The first-order chi connectivity index (χ1) is 16.8. The average Bonchev–Trinajstić information content (AvgIpc) is 3.16. The van der Waals surface area contributed by atoms with E-state index in [2.05, 4.69) is 17.4 Å². The molecule has 9 heteroatoms. The van der Waals surface area contributed by atoms with Crippen LogP contribution in [0.4, 0.5) is 4.79 Å². The van der Waals surface area contributed by atoms with Crippen molar-refractivity contribution in [1.82, 2.24) is 15.1 Å². The largest absolute Gasteiger partial charge is 0.480 e. The molecule has 2 aromatic rings. The summed E-state index contributed by atoms with van der Waals surface area (Å²) >= 11 is 0. The second kappa shape index (κ2) is 10.2. The number of carbonyl (C=O) groups excluding carboxylic acids is 3. The third-order valence-corrected chi connectivity index (χ3v) is 6.62. The zero-order valence-corrected chi connectivity index (χ0v) is 19.8. The van der Waals surface area contributed by atoms with Crippen molar-refractivity contribution in [2.75, 3.05) is 33.3 Å². The number of carbonyl (C=O) groups is 4. The monoisotopic (exact) mass is 479 g/mol. The molecule has 1 aliphatic carbocycles. The Morgan fingerprint density at radius 2 is 1.69 bits per heavy atom. The van der Waals surface area contributed by atoms with Gasteiger partial charge in [-0.3, -0.25) is 9.59 Å². The number of hydrogen-bond donors (Lipinski definition) is 2. The van der Waals surface area contributed by atoms with Crippen molar-refractivity contribution >= 4 is 23.9 Å². The molecule has 2 unspecified atom stereocenters. The molecule has 0 aromatic heterocycles. The second-order valence-electron chi connectivity index (χ2n) is 9.17. The second-order valence-corrected chi connectivity index (χ2v) is 9.17. The Labute approximate surface area is 203 Å². The van der Waals surface area contributed by atoms with Crippen molar-refractivity contribution in [3.63, 3.8) is 0 Å². The van der Waals surface area contributed by atoms with Crippen molar-refractivity contribution < 1.29 is 29.0 Å². The van der Waals surface area contributed by atoms with Crippen LogP contribution in [0.3, 0.4) is 0 Å². The van der Waals surface area contributed by atoms with Crippen LogP contribution in [0.2, 0.25) is 0 Å². The third kappa shape index (κ3) is 5.13. The van der Waals surface area contributed by atoms with Gasteiger partial charge in [0.1, 0.15) is 19.2 Å². The van der Waals surface area contributed by atoms with Gasteiger partial charge in [0, 0.05) is 25.9 Å². The number of hydrogen-bond acceptors (Lipinski definition) is 5. The molecule has 0 radical (unpaired) electrons. The lowest BCUT2D eigenvalue weighted by Crippen LogP contribution is -2.59. The number of piperazine rings is 1. The fourth-order valence-corrected chi connectivity index (χ4v) is 4.70. The third-order valence-electron chi connectivity index (χ3n) is 6.62. The highest BCUT2D eigenvalue weighted by Gasteiger charge is 2.38. The van der Waals surface area contributed by atoms with Crippen molar-refractivity contribution in [3.8, 4) is 11.1 Å². The van der Waals surface area contributed by atoms with E-state index >= 15 is 0 Å². The van der Waals surface area contributed by atoms with Gasteiger partial charge in [0.05, 0.1) is 6.54 Å². The molecule has 3 amide bonds. The van der Waals surface area contributed by atoms with Gasteiger partial charge in [0.25, 0.3) is 0 Å². The highest BCUT2D eigenvalue weighted by molar-refractivity contribution is 5.91. The molecule has 1 aliphatic heterocycles. The number of amides is 3. The van der Waals surface area contributed by atoms with Crippen molar-refractivity contribution in [3.05, 3.63) is 59.7 Å². The minimum Gasteiger partial charge on any atom is -0.480 e. The van der Waals surface area contributed by atoms with E-state index in [0.717, 1.165) is 27.2 Å². The molecule has 1 fully saturated rings. The minimum absolute atomic E-state index is 0.00439. The van der Waals surface area contributed by atoms with Crippen LogP contribution in [-0.2, 0) is 19.1 Å². The smallest absolute Gasteiger partial charge is 0.407 e. The van der Waals surface area contributed by atoms with Gasteiger partial charge in [0.15, 0.2) is 0 Å². The van der Waals surface area contributed by atoms with E-state index in [1.54, 1.807) is 6.92 Å². The van der Waals surface area contributed by atoms with Gasteiger partial charge < -0.3 is 25.0 Å². The summed E-state index contributed by atoms with van der Waals surface area (Å²) in [5, 5.41) is 12.1. The van der Waals surface area contributed by atoms with Crippen molar-refractivity contribution in [2.45, 2.75) is 25.3 Å². The summed E-state index contributed by atoms with van der Waals surface area (Å²) < 4.78 is 5.51. The van der Waals surface area contributed by atoms with Crippen molar-refractivity contribution in [2.24, 2.45) is 5.92 Å². The molecule has 0 saturated carbocycles. The van der Waals surface area contributed by atoms with E-state index in [9.17, 15) is 24.3 Å². The molecule has 2 atom stereocenters. The molecule has 0 spiro atoms. The molecular formula is C26H29N3O6. The van der Waals surface area contributed by atoms with Gasteiger partial charge in [-0.15, -0.1) is 0 Å². The predicted molar refractivity (Wildman–Crippen MR) is 128 cm³/mol. The van der Waals surface area contributed by atoms with Gasteiger partial charge in [-0.2, -0.15) is 0 Å². The SMILES string of the molecule is CC(CNC(=O)OCC1c2ccccc2-c2ccccc21)CC(=O)N1CC(=O)N(C)CC1C(=O)O. The number of benzene rings is 2. The first-order valence-corrected chi connectivity index (χ1v) is 11.6. The van der Waals surface area contributed by atoms with Crippen LogP contribution >= 0.6 is 0 Å². The maximum absolute atomic E-state index is 12.7. The lowest BCUT2D eigenvalue weighted by Gasteiger charge is -2.37. The number of nitrogens with one attached hydrogen (secondary N) is 1. The maximum Gasteiger partial charge on any atom is 0.407 e. The Morgan fingerprint density at radius 1 is 1.09 bits per heavy atom. The van der Waals surface area contributed by atoms with Crippen molar-refractivity contribution in [1.29, 1.82) is 0 Å². The van der Waals surface area contributed by atoms with E-state index in [-0.39, 0.29) is 50.4 Å². The number of alkyl carbamates (subject to hydrolysis) is 1. The molecule has 9 nitrogen and oxygen atoms in total. The quantitative estimate of drug-likeness (QED) is 0.630. The van der Waals surface area contributed by atoms with Gasteiger partial charge in [-0.25, -0.2) is 9.59 Å². The lowest BCUT2D eigenvalue weighted by molar-refractivity contribution is -0.159. The van der Waals surface area contributed by atoms with Gasteiger partial charge >= 0.3 is 12.1 Å². The van der Waals surface area contributed by atoms with E-state index in [0.29, 0.717) is 0 Å². The molecule has 0 bridgehead atoms. The zero-order valence-electron chi connectivity index (χ0n) is 19.8. The fraction of sp³-hybridized carbons (Fsp3) is 0.385. The summed E-state index contributed by atoms with van der Waals surface area (Å²) in [5.41, 5.74) is 4.53. The molecule has 2 aromatic carbocycles. The molecule has 1 heterocycles. The molecule has 4 rings (SSSR count). The molecule has 1 saturated heterocycles. The number of ether oxygens (including phenoxy) is 1. The Hall–Kier alpha value is -3.88. The highest BCUT2D eigenvalue weighted by atomic mass is 16.5. The molecular weight excluding hydrogens is 450 g/mol. The summed E-state index contributed by atoms with van der Waals surface area (Å²) in [6.07, 6.45) is -0.575. The number of carboxylic acid groups (broad SMARTS) is 1. The van der Waals surface area contributed by atoms with Gasteiger partial charge in [-0.1, -0.05) is 55.5 Å². The minimum atomic E-state index is -1.15. The highest BCUT2D eigenvalue weighted by Crippen LogP contribution is 2.44. The first kappa shape index (κ1) is 24.3. The van der Waals surface area contributed by atoms with Crippen LogP contribution in [-0.4, -0.2) is 78.1 Å². The number of carboxylic acids is 1. The number of fused-ring (bicyclic) bond motifs is 3. The Balaban J connectivity index is 1.28. The summed E-state index contributed by atoms with van der Waals surface area (Å²) in [6.45, 7) is 1.83. The topological polar surface area (TPSA) is 116 Å². The lowest BCUT2D eigenvalue weighted by atomic mass is 9.98.